The lowest BCUT2D eigenvalue weighted by atomic mass is 10.1. The lowest BCUT2D eigenvalue weighted by Crippen LogP contribution is -2.45. The maximum atomic E-state index is 10.6. The summed E-state index contributed by atoms with van der Waals surface area (Å²) < 4.78 is 0. The number of nitrogens with zero attached hydrogens (tertiary/aromatic N) is 1. The molecule has 0 aromatic heterocycles. The number of aldehydes is 1. The van der Waals surface area contributed by atoms with Gasteiger partial charge in [0.05, 0.1) is 0 Å². The molecule has 0 radical (unpaired) electrons. The second-order valence-corrected chi connectivity index (χ2v) is 3.46. The van der Waals surface area contributed by atoms with Crippen LogP contribution >= 0.6 is 0 Å². The van der Waals surface area contributed by atoms with Gasteiger partial charge in [-0.3, -0.25) is 0 Å². The molecular formula is C9H18N2O2. The maximum Gasteiger partial charge on any atom is 0.124 e. The number of hydrogen-bond acceptors (Lipinski definition) is 4. The van der Waals surface area contributed by atoms with Crippen molar-refractivity contribution in [1.82, 2.24) is 10.2 Å². The van der Waals surface area contributed by atoms with Gasteiger partial charge in [-0.25, -0.2) is 0 Å². The van der Waals surface area contributed by atoms with Crippen LogP contribution in [0.3, 0.4) is 0 Å². The number of hydrogen-bond donors (Lipinski definition) is 2. The first-order valence-corrected chi connectivity index (χ1v) is 4.86. The van der Waals surface area contributed by atoms with Gasteiger partial charge in [-0.2, -0.15) is 0 Å². The van der Waals surface area contributed by atoms with E-state index < -0.39 is 0 Å². The quantitative estimate of drug-likeness (QED) is 0.546. The lowest BCUT2D eigenvalue weighted by Gasteiger charge is -2.28. The van der Waals surface area contributed by atoms with Crippen molar-refractivity contribution in [2.24, 2.45) is 5.92 Å². The molecule has 1 heterocycles. The van der Waals surface area contributed by atoms with Crippen molar-refractivity contribution in [3.8, 4) is 0 Å². The van der Waals surface area contributed by atoms with Gasteiger partial charge >= 0.3 is 0 Å². The number of aliphatic hydroxyl groups excluding tert-OH is 1. The Morgan fingerprint density at radius 3 is 2.69 bits per heavy atom. The second kappa shape index (κ2) is 6.07. The highest BCUT2D eigenvalue weighted by atomic mass is 16.3. The highest BCUT2D eigenvalue weighted by Gasteiger charge is 2.14. The number of carbonyl (C=O) groups excluding carboxylic acids is 1. The van der Waals surface area contributed by atoms with Gasteiger partial charge in [0.2, 0.25) is 0 Å². The Hall–Kier alpha value is -0.450. The summed E-state index contributed by atoms with van der Waals surface area (Å²) in [5, 5.41) is 12.0. The standard InChI is InChI=1S/C9H18N2O2/c12-6-1-9(8-13)7-11-4-2-10-3-5-11/h8-10,12H,1-7H2. The summed E-state index contributed by atoms with van der Waals surface area (Å²) in [6.07, 6.45) is 1.55. The summed E-state index contributed by atoms with van der Waals surface area (Å²) in [6.45, 7) is 4.93. The van der Waals surface area contributed by atoms with Crippen LogP contribution in [0, 0.1) is 5.92 Å². The fourth-order valence-electron chi connectivity index (χ4n) is 1.59. The van der Waals surface area contributed by atoms with Gasteiger partial charge in [0, 0.05) is 45.2 Å². The molecule has 0 saturated carbocycles. The van der Waals surface area contributed by atoms with Crippen LogP contribution in [0.25, 0.3) is 0 Å². The lowest BCUT2D eigenvalue weighted by molar-refractivity contribution is -0.112. The van der Waals surface area contributed by atoms with Crippen LogP contribution in [-0.4, -0.2) is 55.6 Å². The molecule has 1 aliphatic rings. The molecule has 1 saturated heterocycles. The van der Waals surface area contributed by atoms with E-state index in [-0.39, 0.29) is 12.5 Å². The number of rotatable bonds is 5. The van der Waals surface area contributed by atoms with Crippen LogP contribution in [0.5, 0.6) is 0 Å². The number of piperazine rings is 1. The van der Waals surface area contributed by atoms with Crippen LogP contribution in [-0.2, 0) is 4.79 Å². The summed E-state index contributed by atoms with van der Waals surface area (Å²) in [7, 11) is 0. The predicted octanol–water partition coefficient (Wildman–Crippen LogP) is -0.911. The van der Waals surface area contributed by atoms with Gasteiger partial charge in [0.1, 0.15) is 6.29 Å². The first-order valence-electron chi connectivity index (χ1n) is 4.86. The minimum atomic E-state index is 0.00287. The normalized spacial score (nSPS) is 21.3. The van der Waals surface area contributed by atoms with Crippen molar-refractivity contribution >= 4 is 6.29 Å². The summed E-state index contributed by atoms with van der Waals surface area (Å²) in [4.78, 5) is 12.9. The van der Waals surface area contributed by atoms with E-state index in [9.17, 15) is 4.79 Å². The molecule has 1 unspecified atom stereocenters. The smallest absolute Gasteiger partial charge is 0.124 e. The predicted molar refractivity (Wildman–Crippen MR) is 50.6 cm³/mol. The minimum Gasteiger partial charge on any atom is -0.396 e. The Morgan fingerprint density at radius 1 is 1.46 bits per heavy atom. The van der Waals surface area contributed by atoms with E-state index in [1.54, 1.807) is 0 Å². The first kappa shape index (κ1) is 10.6. The van der Waals surface area contributed by atoms with E-state index in [1.165, 1.54) is 0 Å². The van der Waals surface area contributed by atoms with Gasteiger partial charge in [-0.1, -0.05) is 0 Å². The molecule has 0 amide bonds. The fraction of sp³-hybridized carbons (Fsp3) is 0.889. The van der Waals surface area contributed by atoms with E-state index >= 15 is 0 Å². The van der Waals surface area contributed by atoms with Gasteiger partial charge in [-0.05, 0) is 6.42 Å². The third-order valence-corrected chi connectivity index (χ3v) is 2.39. The van der Waals surface area contributed by atoms with E-state index in [2.05, 4.69) is 10.2 Å². The van der Waals surface area contributed by atoms with Crippen molar-refractivity contribution < 1.29 is 9.90 Å². The molecule has 1 atom stereocenters. The molecule has 13 heavy (non-hydrogen) atoms. The van der Waals surface area contributed by atoms with Crippen molar-refractivity contribution in [3.63, 3.8) is 0 Å². The largest absolute Gasteiger partial charge is 0.396 e. The molecule has 1 aliphatic heterocycles. The highest BCUT2D eigenvalue weighted by Crippen LogP contribution is 2.03. The van der Waals surface area contributed by atoms with Crippen molar-refractivity contribution in [1.29, 1.82) is 0 Å². The van der Waals surface area contributed by atoms with Crippen LogP contribution in [0.4, 0.5) is 0 Å². The van der Waals surface area contributed by atoms with E-state index in [0.717, 1.165) is 39.0 Å². The summed E-state index contributed by atoms with van der Waals surface area (Å²) in [5.74, 6) is 0.00287. The van der Waals surface area contributed by atoms with Gasteiger partial charge in [0.25, 0.3) is 0 Å². The van der Waals surface area contributed by atoms with Crippen LogP contribution < -0.4 is 5.32 Å². The Morgan fingerprint density at radius 2 is 2.15 bits per heavy atom. The molecular weight excluding hydrogens is 168 g/mol. The third kappa shape index (κ3) is 3.85. The maximum absolute atomic E-state index is 10.6. The SMILES string of the molecule is O=CC(CCO)CN1CCNCC1. The molecule has 4 heteroatoms. The van der Waals surface area contributed by atoms with Crippen LogP contribution in [0.1, 0.15) is 6.42 Å². The van der Waals surface area contributed by atoms with Crippen molar-refractivity contribution in [2.45, 2.75) is 6.42 Å². The Kier molecular flexibility index (Phi) is 4.97. The van der Waals surface area contributed by atoms with E-state index in [1.807, 2.05) is 0 Å². The number of nitrogens with one attached hydrogen (secondary N) is 1. The molecule has 0 bridgehead atoms. The molecule has 2 N–H and O–H groups in total. The van der Waals surface area contributed by atoms with Gasteiger partial charge in [-0.15, -0.1) is 0 Å². The Bertz CT molecular complexity index is 147. The average molecular weight is 186 g/mol. The zero-order valence-electron chi connectivity index (χ0n) is 7.91. The first-order chi connectivity index (χ1) is 6.36. The number of carbonyl (C=O) groups is 1. The molecule has 1 fully saturated rings. The van der Waals surface area contributed by atoms with Gasteiger partial charge in [0.15, 0.2) is 0 Å². The number of aliphatic hydroxyl groups is 1. The summed E-state index contributed by atoms with van der Waals surface area (Å²) >= 11 is 0. The topological polar surface area (TPSA) is 52.6 Å². The molecule has 0 aromatic carbocycles. The van der Waals surface area contributed by atoms with Crippen molar-refractivity contribution in [2.75, 3.05) is 39.3 Å². The zero-order valence-corrected chi connectivity index (χ0v) is 7.91. The van der Waals surface area contributed by atoms with E-state index in [4.69, 9.17) is 5.11 Å². The third-order valence-electron chi connectivity index (χ3n) is 2.39. The molecule has 0 spiro atoms. The fourth-order valence-corrected chi connectivity index (χ4v) is 1.59. The van der Waals surface area contributed by atoms with E-state index in [0.29, 0.717) is 6.42 Å². The molecule has 76 valence electrons. The Balaban J connectivity index is 2.22. The monoisotopic (exact) mass is 186 g/mol. The highest BCUT2D eigenvalue weighted by molar-refractivity contribution is 5.53. The molecule has 4 nitrogen and oxygen atoms in total. The zero-order chi connectivity index (χ0) is 9.52. The molecule has 0 aromatic rings. The summed E-state index contributed by atoms with van der Waals surface area (Å²) in [5.41, 5.74) is 0. The van der Waals surface area contributed by atoms with Crippen molar-refractivity contribution in [3.05, 3.63) is 0 Å². The minimum absolute atomic E-state index is 0.00287. The second-order valence-electron chi connectivity index (χ2n) is 3.46. The van der Waals surface area contributed by atoms with Gasteiger partial charge < -0.3 is 20.1 Å². The summed E-state index contributed by atoms with van der Waals surface area (Å²) in [6, 6.07) is 0. The average Bonchev–Trinajstić information content (AvgIpc) is 2.19. The molecule has 0 aliphatic carbocycles. The van der Waals surface area contributed by atoms with Crippen LogP contribution in [0.2, 0.25) is 0 Å². The Labute approximate surface area is 78.9 Å². The van der Waals surface area contributed by atoms with Crippen LogP contribution in [0.15, 0.2) is 0 Å². The molecule has 1 rings (SSSR count).